The molecule has 1 atom stereocenters. The van der Waals surface area contributed by atoms with Gasteiger partial charge in [-0.2, -0.15) is 5.10 Å². The number of carbonyl (C=O) groups excluding carboxylic acids is 1. The monoisotopic (exact) mass is 283 g/mol. The lowest BCUT2D eigenvalue weighted by molar-refractivity contribution is -0.132. The number of aryl methyl sites for hydroxylation is 1. The molecule has 1 amide bonds. The van der Waals surface area contributed by atoms with Crippen LogP contribution >= 0.6 is 0 Å². The van der Waals surface area contributed by atoms with Crippen molar-refractivity contribution in [3.8, 4) is 0 Å². The van der Waals surface area contributed by atoms with E-state index in [1.54, 1.807) is 10.9 Å². The normalized spacial score (nSPS) is 18.1. The highest BCUT2D eigenvalue weighted by atomic mass is 16.2. The number of hydrogen-bond donors (Lipinski definition) is 0. The Labute approximate surface area is 125 Å². The smallest absolute Gasteiger partial charge is 0.244 e. The Hall–Kier alpha value is -2.10. The van der Waals surface area contributed by atoms with Crippen molar-refractivity contribution in [2.75, 3.05) is 6.54 Å². The molecule has 0 saturated carbocycles. The van der Waals surface area contributed by atoms with E-state index < -0.39 is 0 Å². The first-order chi connectivity index (χ1) is 10.2. The highest BCUT2D eigenvalue weighted by molar-refractivity contribution is 5.76. The van der Waals surface area contributed by atoms with Crippen LogP contribution in [0.4, 0.5) is 0 Å². The van der Waals surface area contributed by atoms with Crippen LogP contribution in [0.25, 0.3) is 0 Å². The van der Waals surface area contributed by atoms with E-state index in [2.05, 4.69) is 36.3 Å². The Balaban J connectivity index is 1.64. The summed E-state index contributed by atoms with van der Waals surface area (Å²) in [4.78, 5) is 14.5. The lowest BCUT2D eigenvalue weighted by Gasteiger charge is -2.25. The predicted molar refractivity (Wildman–Crippen MR) is 81.8 cm³/mol. The van der Waals surface area contributed by atoms with E-state index in [0.29, 0.717) is 12.6 Å². The zero-order chi connectivity index (χ0) is 14.7. The number of likely N-dealkylation sites (tertiary alicyclic amines) is 1. The molecule has 0 bridgehead atoms. The first-order valence-corrected chi connectivity index (χ1v) is 7.55. The largest absolute Gasteiger partial charge is 0.338 e. The lowest BCUT2D eigenvalue weighted by atomic mass is 10.0. The molecule has 1 aliphatic heterocycles. The number of carbonyl (C=O) groups is 1. The van der Waals surface area contributed by atoms with Crippen molar-refractivity contribution in [2.24, 2.45) is 0 Å². The minimum Gasteiger partial charge on any atom is -0.338 e. The zero-order valence-electron chi connectivity index (χ0n) is 12.4. The molecule has 2 heterocycles. The summed E-state index contributed by atoms with van der Waals surface area (Å²) in [6.07, 6.45) is 6.69. The Morgan fingerprint density at radius 2 is 2.14 bits per heavy atom. The highest BCUT2D eigenvalue weighted by Gasteiger charge is 2.28. The number of nitrogens with zero attached hydrogens (tertiary/aromatic N) is 3. The molecule has 0 radical (unpaired) electrons. The minimum atomic E-state index is 0.174. The van der Waals surface area contributed by atoms with Gasteiger partial charge in [0.2, 0.25) is 5.91 Å². The lowest BCUT2D eigenvalue weighted by Crippen LogP contribution is -2.39. The van der Waals surface area contributed by atoms with Gasteiger partial charge in [-0.1, -0.05) is 29.8 Å². The molecule has 1 saturated heterocycles. The molecule has 1 aromatic heterocycles. The van der Waals surface area contributed by atoms with Crippen LogP contribution in [0.5, 0.6) is 0 Å². The van der Waals surface area contributed by atoms with E-state index in [1.807, 2.05) is 17.2 Å². The maximum Gasteiger partial charge on any atom is 0.244 e. The van der Waals surface area contributed by atoms with Gasteiger partial charge in [0.05, 0.1) is 0 Å². The molecule has 21 heavy (non-hydrogen) atoms. The van der Waals surface area contributed by atoms with E-state index in [0.717, 1.165) is 25.8 Å². The Bertz CT molecular complexity index is 589. The molecule has 0 spiro atoms. The van der Waals surface area contributed by atoms with Crippen molar-refractivity contribution >= 4 is 5.91 Å². The summed E-state index contributed by atoms with van der Waals surface area (Å²) < 4.78 is 1.70. The van der Waals surface area contributed by atoms with Gasteiger partial charge in [-0.3, -0.25) is 9.48 Å². The van der Waals surface area contributed by atoms with Crippen LogP contribution in [0, 0.1) is 6.92 Å². The maximum atomic E-state index is 12.4. The molecule has 4 nitrogen and oxygen atoms in total. The van der Waals surface area contributed by atoms with Crippen LogP contribution in [0.15, 0.2) is 42.7 Å². The topological polar surface area (TPSA) is 38.1 Å². The van der Waals surface area contributed by atoms with E-state index in [4.69, 9.17) is 0 Å². The molecule has 2 aromatic rings. The standard InChI is InChI=1S/C17H21N3O/c1-14-5-7-15(8-6-14)12-16-4-2-11-20(16)17(21)13-19-10-3-9-18-19/h3,5-10,16H,2,4,11-13H2,1H3/t16-/m0/s1. The summed E-state index contributed by atoms with van der Waals surface area (Å²) in [5.41, 5.74) is 2.58. The fraction of sp³-hybridized carbons (Fsp3) is 0.412. The molecule has 0 aliphatic carbocycles. The molecular formula is C17H21N3O. The average molecular weight is 283 g/mol. The molecule has 1 fully saturated rings. The maximum absolute atomic E-state index is 12.4. The van der Waals surface area contributed by atoms with Gasteiger partial charge in [-0.25, -0.2) is 0 Å². The summed E-state index contributed by atoms with van der Waals surface area (Å²) in [5, 5.41) is 4.12. The summed E-state index contributed by atoms with van der Waals surface area (Å²) >= 11 is 0. The van der Waals surface area contributed by atoms with E-state index in [9.17, 15) is 4.79 Å². The predicted octanol–water partition coefficient (Wildman–Crippen LogP) is 2.43. The van der Waals surface area contributed by atoms with Crippen molar-refractivity contribution in [1.82, 2.24) is 14.7 Å². The molecule has 1 aliphatic rings. The summed E-state index contributed by atoms with van der Waals surface area (Å²) in [6, 6.07) is 10.8. The van der Waals surface area contributed by atoms with E-state index in [1.165, 1.54) is 11.1 Å². The van der Waals surface area contributed by atoms with Crippen molar-refractivity contribution in [3.63, 3.8) is 0 Å². The fourth-order valence-corrected chi connectivity index (χ4v) is 3.00. The van der Waals surface area contributed by atoms with Crippen molar-refractivity contribution in [2.45, 2.75) is 38.8 Å². The number of benzene rings is 1. The fourth-order valence-electron chi connectivity index (χ4n) is 3.00. The number of amides is 1. The van der Waals surface area contributed by atoms with Gasteiger partial charge < -0.3 is 4.90 Å². The summed E-state index contributed by atoms with van der Waals surface area (Å²) in [7, 11) is 0. The second-order valence-electron chi connectivity index (χ2n) is 5.78. The Morgan fingerprint density at radius 3 is 2.86 bits per heavy atom. The first kappa shape index (κ1) is 13.9. The molecule has 1 aromatic carbocycles. The Kier molecular flexibility index (Phi) is 4.04. The molecule has 3 rings (SSSR count). The highest BCUT2D eigenvalue weighted by Crippen LogP contribution is 2.21. The van der Waals surface area contributed by atoms with Gasteiger partial charge in [-0.15, -0.1) is 0 Å². The van der Waals surface area contributed by atoms with Crippen LogP contribution in [-0.4, -0.2) is 33.2 Å². The number of hydrogen-bond acceptors (Lipinski definition) is 2. The molecular weight excluding hydrogens is 262 g/mol. The number of aromatic nitrogens is 2. The van der Waals surface area contributed by atoms with Crippen molar-refractivity contribution in [3.05, 3.63) is 53.9 Å². The Morgan fingerprint density at radius 1 is 1.33 bits per heavy atom. The molecule has 4 heteroatoms. The van der Waals surface area contributed by atoms with Gasteiger partial charge >= 0.3 is 0 Å². The average Bonchev–Trinajstić information content (AvgIpc) is 3.13. The van der Waals surface area contributed by atoms with Gasteiger partial charge in [-0.05, 0) is 37.8 Å². The van der Waals surface area contributed by atoms with E-state index >= 15 is 0 Å². The summed E-state index contributed by atoms with van der Waals surface area (Å²) in [6.45, 7) is 3.31. The van der Waals surface area contributed by atoms with Crippen molar-refractivity contribution in [1.29, 1.82) is 0 Å². The van der Waals surface area contributed by atoms with Gasteiger partial charge in [0.15, 0.2) is 0 Å². The van der Waals surface area contributed by atoms with Crippen molar-refractivity contribution < 1.29 is 4.79 Å². The van der Waals surface area contributed by atoms with Crippen LogP contribution < -0.4 is 0 Å². The van der Waals surface area contributed by atoms with Crippen LogP contribution in [0.1, 0.15) is 24.0 Å². The van der Waals surface area contributed by atoms with E-state index in [-0.39, 0.29) is 5.91 Å². The first-order valence-electron chi connectivity index (χ1n) is 7.55. The third kappa shape index (κ3) is 3.32. The molecule has 0 N–H and O–H groups in total. The third-order valence-corrected chi connectivity index (χ3v) is 4.15. The van der Waals surface area contributed by atoms with Crippen LogP contribution in [0.3, 0.4) is 0 Å². The van der Waals surface area contributed by atoms with Gasteiger partial charge in [0.1, 0.15) is 6.54 Å². The summed E-state index contributed by atoms with van der Waals surface area (Å²) in [5.74, 6) is 0.174. The van der Waals surface area contributed by atoms with Crippen LogP contribution in [-0.2, 0) is 17.8 Å². The molecule has 0 unspecified atom stereocenters. The second-order valence-corrected chi connectivity index (χ2v) is 5.78. The van der Waals surface area contributed by atoms with Gasteiger partial charge in [0, 0.05) is 25.0 Å². The van der Waals surface area contributed by atoms with Gasteiger partial charge in [0.25, 0.3) is 0 Å². The third-order valence-electron chi connectivity index (χ3n) is 4.15. The quantitative estimate of drug-likeness (QED) is 0.864. The SMILES string of the molecule is Cc1ccc(C[C@@H]2CCCN2C(=O)Cn2cccn2)cc1. The second kappa shape index (κ2) is 6.12. The number of rotatable bonds is 4. The zero-order valence-corrected chi connectivity index (χ0v) is 12.4. The minimum absolute atomic E-state index is 0.174. The van der Waals surface area contributed by atoms with Crippen LogP contribution in [0.2, 0.25) is 0 Å². The molecule has 110 valence electrons.